The first-order valence-electron chi connectivity index (χ1n) is 5.24. The Morgan fingerprint density at radius 2 is 2.00 bits per heavy atom. The van der Waals surface area contributed by atoms with E-state index in [9.17, 15) is 0 Å². The highest BCUT2D eigenvalue weighted by molar-refractivity contribution is 7.80. The summed E-state index contributed by atoms with van der Waals surface area (Å²) in [5.74, 6) is 0.845. The van der Waals surface area contributed by atoms with Gasteiger partial charge in [-0.15, -0.1) is 0 Å². The van der Waals surface area contributed by atoms with Gasteiger partial charge in [-0.1, -0.05) is 19.1 Å². The van der Waals surface area contributed by atoms with E-state index in [0.717, 1.165) is 17.9 Å². The average Bonchev–Trinajstić information content (AvgIpc) is 2.84. The first-order chi connectivity index (χ1) is 7.05. The molecule has 0 saturated heterocycles. The van der Waals surface area contributed by atoms with Gasteiger partial charge in [0.15, 0.2) is 0 Å². The molecule has 2 rings (SSSR count). The van der Waals surface area contributed by atoms with Gasteiger partial charge in [0.1, 0.15) is 0 Å². The third-order valence-electron chi connectivity index (χ3n) is 3.66. The fourth-order valence-corrected chi connectivity index (χ4v) is 2.55. The van der Waals surface area contributed by atoms with Crippen LogP contribution in [0.4, 0.5) is 5.69 Å². The molecule has 0 aromatic heterocycles. The van der Waals surface area contributed by atoms with Gasteiger partial charge >= 0.3 is 0 Å². The lowest BCUT2D eigenvalue weighted by Gasteiger charge is -2.17. The first kappa shape index (κ1) is 10.8. The topological polar surface area (TPSA) is 38.0 Å². The zero-order chi connectivity index (χ0) is 11.1. The zero-order valence-corrected chi connectivity index (χ0v) is 10.1. The largest absolute Gasteiger partial charge is 0.388 e. The van der Waals surface area contributed by atoms with E-state index in [1.54, 1.807) is 0 Å². The number of nitrogens with two attached hydrogens (primary N) is 1. The van der Waals surface area contributed by atoms with Crippen molar-refractivity contribution in [1.29, 1.82) is 0 Å². The minimum Gasteiger partial charge on any atom is -0.388 e. The Hall–Kier alpha value is -0.670. The molecule has 82 valence electrons. The van der Waals surface area contributed by atoms with Crippen LogP contribution in [0, 0.1) is 5.41 Å². The first-order valence-corrected chi connectivity index (χ1v) is 5.87. The van der Waals surface area contributed by atoms with Crippen LogP contribution in [0.15, 0.2) is 24.3 Å². The Kier molecular flexibility index (Phi) is 2.47. The van der Waals surface area contributed by atoms with Crippen molar-refractivity contribution in [3.05, 3.63) is 29.8 Å². The second-order valence-corrected chi connectivity index (χ2v) is 5.01. The molecule has 0 heterocycles. The quantitative estimate of drug-likeness (QED) is 0.686. The highest BCUT2D eigenvalue weighted by Gasteiger charge is 2.61. The van der Waals surface area contributed by atoms with Crippen molar-refractivity contribution in [1.82, 2.24) is 0 Å². The van der Waals surface area contributed by atoms with Crippen molar-refractivity contribution >= 4 is 18.3 Å². The maximum atomic E-state index is 6.38. The fraction of sp³-hybridized carbons (Fsp3) is 0.500. The number of benzene rings is 1. The van der Waals surface area contributed by atoms with Crippen LogP contribution in [0.2, 0.25) is 0 Å². The molecule has 2 nitrogen and oxygen atoms in total. The summed E-state index contributed by atoms with van der Waals surface area (Å²) in [7, 11) is 1.92. The molecule has 0 aliphatic heterocycles. The number of hydrogen-bond acceptors (Lipinski definition) is 3. The van der Waals surface area contributed by atoms with E-state index in [2.05, 4.69) is 49.1 Å². The van der Waals surface area contributed by atoms with E-state index >= 15 is 0 Å². The van der Waals surface area contributed by atoms with E-state index in [4.69, 9.17) is 5.73 Å². The number of hydrogen-bond donors (Lipinski definition) is 3. The lowest BCUT2D eigenvalue weighted by molar-refractivity contribution is 0.520. The van der Waals surface area contributed by atoms with E-state index in [-0.39, 0.29) is 11.0 Å². The van der Waals surface area contributed by atoms with Gasteiger partial charge in [-0.25, -0.2) is 0 Å². The maximum Gasteiger partial charge on any atom is 0.0479 e. The van der Waals surface area contributed by atoms with Gasteiger partial charge in [0.05, 0.1) is 0 Å². The molecule has 1 fully saturated rings. The second-order valence-electron chi connectivity index (χ2n) is 4.69. The van der Waals surface area contributed by atoms with Crippen molar-refractivity contribution < 1.29 is 0 Å². The summed E-state index contributed by atoms with van der Waals surface area (Å²) in [4.78, 5) is 0. The summed E-state index contributed by atoms with van der Waals surface area (Å²) in [5.41, 5.74) is 8.72. The van der Waals surface area contributed by atoms with Crippen molar-refractivity contribution in [2.24, 2.45) is 11.1 Å². The predicted molar refractivity (Wildman–Crippen MR) is 68.4 cm³/mol. The molecule has 3 heteroatoms. The monoisotopic (exact) mass is 222 g/mol. The standard InChI is InChI=1S/C12H18N2S/c1-11(8-15)7-12(11,13)9-3-5-10(14-2)6-4-9/h3-6,14-15H,7-8,13H2,1-2H3. The molecule has 1 aliphatic rings. The van der Waals surface area contributed by atoms with Crippen molar-refractivity contribution in [3.8, 4) is 0 Å². The minimum absolute atomic E-state index is 0.164. The average molecular weight is 222 g/mol. The van der Waals surface area contributed by atoms with Crippen LogP contribution in [0.5, 0.6) is 0 Å². The Morgan fingerprint density at radius 1 is 1.40 bits per heavy atom. The molecule has 15 heavy (non-hydrogen) atoms. The van der Waals surface area contributed by atoms with Crippen molar-refractivity contribution in [2.45, 2.75) is 18.9 Å². The zero-order valence-electron chi connectivity index (χ0n) is 9.25. The smallest absolute Gasteiger partial charge is 0.0479 e. The van der Waals surface area contributed by atoms with Crippen LogP contribution in [-0.4, -0.2) is 12.8 Å². The third-order valence-corrected chi connectivity index (χ3v) is 4.36. The molecular formula is C12H18N2S. The maximum absolute atomic E-state index is 6.38. The molecule has 0 radical (unpaired) electrons. The molecule has 3 N–H and O–H groups in total. The van der Waals surface area contributed by atoms with Crippen LogP contribution in [0.3, 0.4) is 0 Å². The summed E-state index contributed by atoms with van der Waals surface area (Å²) in [6, 6.07) is 8.36. The molecule has 0 spiro atoms. The highest BCUT2D eigenvalue weighted by atomic mass is 32.1. The van der Waals surface area contributed by atoms with Gasteiger partial charge in [0, 0.05) is 23.7 Å². The summed E-state index contributed by atoms with van der Waals surface area (Å²) in [5, 5.41) is 3.10. The van der Waals surface area contributed by atoms with Crippen LogP contribution in [-0.2, 0) is 5.54 Å². The lowest BCUT2D eigenvalue weighted by atomic mass is 9.97. The van der Waals surface area contributed by atoms with Gasteiger partial charge < -0.3 is 11.1 Å². The van der Waals surface area contributed by atoms with Crippen molar-refractivity contribution in [2.75, 3.05) is 18.1 Å². The number of nitrogens with one attached hydrogen (secondary N) is 1. The van der Waals surface area contributed by atoms with E-state index < -0.39 is 0 Å². The molecule has 0 amide bonds. The van der Waals surface area contributed by atoms with Gasteiger partial charge in [0.25, 0.3) is 0 Å². The molecule has 1 aromatic carbocycles. The number of anilines is 1. The van der Waals surface area contributed by atoms with Crippen LogP contribution >= 0.6 is 12.6 Å². The summed E-state index contributed by atoms with van der Waals surface area (Å²) in [6.45, 7) is 2.20. The molecule has 1 aromatic rings. The van der Waals surface area contributed by atoms with Gasteiger partial charge in [0.2, 0.25) is 0 Å². The van der Waals surface area contributed by atoms with E-state index in [1.165, 1.54) is 5.56 Å². The Morgan fingerprint density at radius 3 is 2.40 bits per heavy atom. The molecular weight excluding hydrogens is 204 g/mol. The van der Waals surface area contributed by atoms with Crippen LogP contribution in [0.25, 0.3) is 0 Å². The second kappa shape index (κ2) is 3.42. The van der Waals surface area contributed by atoms with E-state index in [0.29, 0.717) is 0 Å². The Bertz CT molecular complexity index is 362. The van der Waals surface area contributed by atoms with Gasteiger partial charge in [-0.2, -0.15) is 12.6 Å². The van der Waals surface area contributed by atoms with Crippen LogP contribution in [0.1, 0.15) is 18.9 Å². The molecule has 1 saturated carbocycles. The molecule has 2 unspecified atom stereocenters. The SMILES string of the molecule is CNc1ccc(C2(N)CC2(C)CS)cc1. The normalized spacial score (nSPS) is 33.9. The molecule has 2 atom stereocenters. The summed E-state index contributed by atoms with van der Waals surface area (Å²) in [6.07, 6.45) is 1.03. The summed E-state index contributed by atoms with van der Waals surface area (Å²) < 4.78 is 0. The van der Waals surface area contributed by atoms with Gasteiger partial charge in [-0.3, -0.25) is 0 Å². The third kappa shape index (κ3) is 1.54. The van der Waals surface area contributed by atoms with Crippen molar-refractivity contribution in [3.63, 3.8) is 0 Å². The molecule has 0 bridgehead atoms. The lowest BCUT2D eigenvalue weighted by Crippen LogP contribution is -2.27. The predicted octanol–water partition coefficient (Wildman–Crippen LogP) is 2.22. The highest BCUT2D eigenvalue weighted by Crippen LogP contribution is 2.61. The Balaban J connectivity index is 2.25. The summed E-state index contributed by atoms with van der Waals surface area (Å²) >= 11 is 4.37. The molecule has 1 aliphatic carbocycles. The fourth-order valence-electron chi connectivity index (χ4n) is 2.15. The van der Waals surface area contributed by atoms with Gasteiger partial charge in [-0.05, 0) is 29.9 Å². The Labute approximate surface area is 96.7 Å². The van der Waals surface area contributed by atoms with Crippen LogP contribution < -0.4 is 11.1 Å². The minimum atomic E-state index is -0.166. The number of thiol groups is 1. The number of rotatable bonds is 3. The van der Waals surface area contributed by atoms with E-state index in [1.807, 2.05) is 7.05 Å².